The summed E-state index contributed by atoms with van der Waals surface area (Å²) in [6, 6.07) is 15.2. The van der Waals surface area contributed by atoms with Crippen molar-refractivity contribution in [2.75, 3.05) is 25.5 Å². The van der Waals surface area contributed by atoms with Crippen molar-refractivity contribution >= 4 is 5.69 Å². The van der Waals surface area contributed by atoms with Crippen LogP contribution in [0.1, 0.15) is 24.6 Å². The number of rotatable bonds is 6. The number of hydrogen-bond acceptors (Lipinski definition) is 4. The Morgan fingerprint density at radius 3 is 2.92 bits per heavy atom. The van der Waals surface area contributed by atoms with Crippen molar-refractivity contribution in [1.29, 1.82) is 0 Å². The van der Waals surface area contributed by atoms with Gasteiger partial charge < -0.3 is 10.1 Å². The van der Waals surface area contributed by atoms with E-state index in [1.807, 2.05) is 12.3 Å². The third kappa shape index (κ3) is 4.56. The highest BCUT2D eigenvalue weighted by molar-refractivity contribution is 5.46. The molecule has 128 valence electrons. The molecule has 0 spiro atoms. The SMILES string of the molecule is COCc1cccc(NC2CCN(Cc3ccccn3)CC2C)c1. The zero-order chi connectivity index (χ0) is 16.8. The minimum atomic E-state index is 0.516. The fraction of sp³-hybridized carbons (Fsp3) is 0.450. The number of benzene rings is 1. The van der Waals surface area contributed by atoms with E-state index in [0.29, 0.717) is 18.6 Å². The lowest BCUT2D eigenvalue weighted by molar-refractivity contribution is 0.163. The molecule has 1 N–H and O–H groups in total. The Balaban J connectivity index is 1.55. The quantitative estimate of drug-likeness (QED) is 0.881. The van der Waals surface area contributed by atoms with Crippen molar-refractivity contribution in [1.82, 2.24) is 9.88 Å². The van der Waals surface area contributed by atoms with E-state index >= 15 is 0 Å². The van der Waals surface area contributed by atoms with Crippen LogP contribution in [0.5, 0.6) is 0 Å². The molecule has 0 amide bonds. The number of anilines is 1. The van der Waals surface area contributed by atoms with Gasteiger partial charge in [-0.25, -0.2) is 0 Å². The molecule has 24 heavy (non-hydrogen) atoms. The predicted octanol–water partition coefficient (Wildman–Crippen LogP) is 3.55. The van der Waals surface area contributed by atoms with Gasteiger partial charge >= 0.3 is 0 Å². The molecule has 2 unspecified atom stereocenters. The highest BCUT2D eigenvalue weighted by Gasteiger charge is 2.26. The van der Waals surface area contributed by atoms with Crippen molar-refractivity contribution in [3.63, 3.8) is 0 Å². The Labute approximate surface area is 144 Å². The predicted molar refractivity (Wildman–Crippen MR) is 97.9 cm³/mol. The number of methoxy groups -OCH3 is 1. The van der Waals surface area contributed by atoms with Crippen LogP contribution in [-0.2, 0) is 17.9 Å². The van der Waals surface area contributed by atoms with E-state index in [1.165, 1.54) is 11.3 Å². The lowest BCUT2D eigenvalue weighted by Crippen LogP contribution is -2.44. The third-order valence-electron chi connectivity index (χ3n) is 4.69. The van der Waals surface area contributed by atoms with Gasteiger partial charge in [-0.2, -0.15) is 0 Å². The van der Waals surface area contributed by atoms with Crippen LogP contribution < -0.4 is 5.32 Å². The molecule has 0 aliphatic carbocycles. The maximum atomic E-state index is 5.22. The highest BCUT2D eigenvalue weighted by atomic mass is 16.5. The monoisotopic (exact) mass is 325 g/mol. The fourth-order valence-electron chi connectivity index (χ4n) is 3.44. The average molecular weight is 325 g/mol. The Morgan fingerprint density at radius 2 is 2.17 bits per heavy atom. The van der Waals surface area contributed by atoms with Gasteiger partial charge in [0.25, 0.3) is 0 Å². The molecule has 1 aromatic heterocycles. The van der Waals surface area contributed by atoms with Crippen LogP contribution in [0.4, 0.5) is 5.69 Å². The molecular formula is C20H27N3O. The summed E-state index contributed by atoms with van der Waals surface area (Å²) >= 11 is 0. The zero-order valence-electron chi connectivity index (χ0n) is 14.6. The van der Waals surface area contributed by atoms with Gasteiger partial charge in [0, 0.05) is 44.7 Å². The maximum absolute atomic E-state index is 5.22. The molecule has 0 radical (unpaired) electrons. The van der Waals surface area contributed by atoms with Gasteiger partial charge in [-0.3, -0.25) is 9.88 Å². The molecule has 4 nitrogen and oxygen atoms in total. The number of nitrogens with one attached hydrogen (secondary N) is 1. The number of piperidine rings is 1. The van der Waals surface area contributed by atoms with Crippen LogP contribution in [0.25, 0.3) is 0 Å². The first-order valence-corrected chi connectivity index (χ1v) is 8.71. The van der Waals surface area contributed by atoms with E-state index < -0.39 is 0 Å². The van der Waals surface area contributed by atoms with Crippen LogP contribution in [0.3, 0.4) is 0 Å². The molecule has 0 bridgehead atoms. The molecule has 2 heterocycles. The van der Waals surface area contributed by atoms with E-state index in [2.05, 4.69) is 58.5 Å². The van der Waals surface area contributed by atoms with Gasteiger partial charge in [0.05, 0.1) is 12.3 Å². The van der Waals surface area contributed by atoms with Gasteiger partial charge in [0.15, 0.2) is 0 Å². The Kier molecular flexibility index (Phi) is 5.83. The van der Waals surface area contributed by atoms with E-state index in [1.54, 1.807) is 7.11 Å². The van der Waals surface area contributed by atoms with Crippen molar-refractivity contribution in [3.05, 3.63) is 59.9 Å². The Bertz CT molecular complexity index is 632. The van der Waals surface area contributed by atoms with Gasteiger partial charge in [-0.15, -0.1) is 0 Å². The molecule has 2 atom stereocenters. The molecule has 1 aromatic carbocycles. The standard InChI is InChI=1S/C20H27N3O/c1-16-13-23(14-19-7-3-4-10-21-19)11-9-20(16)22-18-8-5-6-17(12-18)15-24-2/h3-8,10,12,16,20,22H,9,11,13-15H2,1-2H3. The number of aromatic nitrogens is 1. The van der Waals surface area contributed by atoms with Gasteiger partial charge in [0.2, 0.25) is 0 Å². The van der Waals surface area contributed by atoms with Crippen molar-refractivity contribution in [2.24, 2.45) is 5.92 Å². The Hall–Kier alpha value is -1.91. The second-order valence-electron chi connectivity index (χ2n) is 6.71. The normalized spacial score (nSPS) is 21.6. The molecule has 1 fully saturated rings. The first-order valence-electron chi connectivity index (χ1n) is 8.71. The largest absolute Gasteiger partial charge is 0.382 e. The van der Waals surface area contributed by atoms with Gasteiger partial charge in [-0.1, -0.05) is 25.1 Å². The average Bonchev–Trinajstić information content (AvgIpc) is 2.59. The van der Waals surface area contributed by atoms with Crippen LogP contribution in [0.2, 0.25) is 0 Å². The minimum absolute atomic E-state index is 0.516. The lowest BCUT2D eigenvalue weighted by atomic mass is 9.93. The molecule has 1 aliphatic heterocycles. The summed E-state index contributed by atoms with van der Waals surface area (Å²) < 4.78 is 5.22. The first kappa shape index (κ1) is 16.9. The molecule has 1 aliphatic rings. The molecule has 4 heteroatoms. The summed E-state index contributed by atoms with van der Waals surface area (Å²) in [6.45, 7) is 6.15. The van der Waals surface area contributed by atoms with E-state index in [9.17, 15) is 0 Å². The van der Waals surface area contributed by atoms with E-state index in [0.717, 1.165) is 31.7 Å². The number of pyridine rings is 1. The summed E-state index contributed by atoms with van der Waals surface area (Å²) in [5.74, 6) is 0.605. The Morgan fingerprint density at radius 1 is 1.25 bits per heavy atom. The summed E-state index contributed by atoms with van der Waals surface area (Å²) in [7, 11) is 1.74. The molecule has 0 saturated carbocycles. The highest BCUT2D eigenvalue weighted by Crippen LogP contribution is 2.23. The third-order valence-corrected chi connectivity index (χ3v) is 4.69. The molecule has 2 aromatic rings. The van der Waals surface area contributed by atoms with Crippen molar-refractivity contribution < 1.29 is 4.74 Å². The van der Waals surface area contributed by atoms with Crippen LogP contribution in [-0.4, -0.2) is 36.1 Å². The smallest absolute Gasteiger partial charge is 0.0713 e. The molecule has 3 rings (SSSR count). The van der Waals surface area contributed by atoms with Crippen LogP contribution in [0, 0.1) is 5.92 Å². The number of nitrogens with zero attached hydrogens (tertiary/aromatic N) is 2. The first-order chi connectivity index (χ1) is 11.7. The van der Waals surface area contributed by atoms with E-state index in [4.69, 9.17) is 4.74 Å². The minimum Gasteiger partial charge on any atom is -0.382 e. The maximum Gasteiger partial charge on any atom is 0.0713 e. The summed E-state index contributed by atoms with van der Waals surface area (Å²) in [5, 5.41) is 3.72. The fourth-order valence-corrected chi connectivity index (χ4v) is 3.44. The second-order valence-corrected chi connectivity index (χ2v) is 6.71. The van der Waals surface area contributed by atoms with Gasteiger partial charge in [0.1, 0.15) is 0 Å². The van der Waals surface area contributed by atoms with Crippen molar-refractivity contribution in [2.45, 2.75) is 32.5 Å². The zero-order valence-corrected chi connectivity index (χ0v) is 14.6. The van der Waals surface area contributed by atoms with Crippen molar-refractivity contribution in [3.8, 4) is 0 Å². The van der Waals surface area contributed by atoms with Crippen LogP contribution >= 0.6 is 0 Å². The number of ether oxygens (including phenoxy) is 1. The second kappa shape index (κ2) is 8.27. The summed E-state index contributed by atoms with van der Waals surface area (Å²) in [4.78, 5) is 6.95. The molecular weight excluding hydrogens is 298 g/mol. The summed E-state index contributed by atoms with van der Waals surface area (Å²) in [5.41, 5.74) is 3.56. The lowest BCUT2D eigenvalue weighted by Gasteiger charge is -2.37. The topological polar surface area (TPSA) is 37.4 Å². The number of likely N-dealkylation sites (tertiary alicyclic amines) is 1. The van der Waals surface area contributed by atoms with Crippen LogP contribution in [0.15, 0.2) is 48.7 Å². The van der Waals surface area contributed by atoms with E-state index in [-0.39, 0.29) is 0 Å². The summed E-state index contributed by atoms with van der Waals surface area (Å²) in [6.07, 6.45) is 3.03. The van der Waals surface area contributed by atoms with Gasteiger partial charge in [-0.05, 0) is 42.2 Å². The molecule has 1 saturated heterocycles. The number of hydrogen-bond donors (Lipinski definition) is 1.